The van der Waals surface area contributed by atoms with E-state index in [1.54, 1.807) is 0 Å². The third kappa shape index (κ3) is 3.44. The van der Waals surface area contributed by atoms with Crippen LogP contribution in [0.4, 0.5) is 0 Å². The van der Waals surface area contributed by atoms with Crippen molar-refractivity contribution in [3.8, 4) is 0 Å². The van der Waals surface area contributed by atoms with Crippen LogP contribution in [0.15, 0.2) is 0 Å². The van der Waals surface area contributed by atoms with Gasteiger partial charge in [0.05, 0.1) is 0 Å². The number of nitrogens with two attached hydrogens (primary N) is 1. The summed E-state index contributed by atoms with van der Waals surface area (Å²) in [5.74, 6) is 0. The second-order valence-corrected chi connectivity index (χ2v) is 5.92. The fraction of sp³-hybridized carbons (Fsp3) is 1.00. The molecule has 0 aromatic carbocycles. The Kier molecular flexibility index (Phi) is 4.22. The smallest absolute Gasteiger partial charge is 0.0471 e. The van der Waals surface area contributed by atoms with E-state index in [0.717, 1.165) is 19.8 Å². The molecule has 3 N–H and O–H groups in total. The highest BCUT2D eigenvalue weighted by molar-refractivity contribution is 4.84. The van der Waals surface area contributed by atoms with E-state index in [-0.39, 0.29) is 0 Å². The van der Waals surface area contributed by atoms with Crippen LogP contribution in [0.5, 0.6) is 0 Å². The molecule has 3 heteroatoms. The van der Waals surface area contributed by atoms with E-state index in [9.17, 15) is 0 Å². The number of nitrogens with one attached hydrogen (secondary N) is 1. The van der Waals surface area contributed by atoms with Gasteiger partial charge < -0.3 is 15.8 Å². The van der Waals surface area contributed by atoms with Gasteiger partial charge in [-0.15, -0.1) is 0 Å². The van der Waals surface area contributed by atoms with Gasteiger partial charge in [0.25, 0.3) is 0 Å². The molecule has 2 fully saturated rings. The van der Waals surface area contributed by atoms with E-state index in [4.69, 9.17) is 10.5 Å². The summed E-state index contributed by atoms with van der Waals surface area (Å²) in [6, 6.07) is 1.16. The summed E-state index contributed by atoms with van der Waals surface area (Å²) in [6.45, 7) is 5.41. The normalized spacial score (nSPS) is 34.9. The van der Waals surface area contributed by atoms with E-state index in [0.29, 0.717) is 17.5 Å². The fourth-order valence-corrected chi connectivity index (χ4v) is 2.76. The zero-order chi connectivity index (χ0) is 11.4. The second-order valence-electron chi connectivity index (χ2n) is 5.92. The number of hydrogen-bond acceptors (Lipinski definition) is 3. The van der Waals surface area contributed by atoms with Crippen molar-refractivity contribution >= 4 is 0 Å². The van der Waals surface area contributed by atoms with Crippen molar-refractivity contribution in [1.82, 2.24) is 5.32 Å². The van der Waals surface area contributed by atoms with Crippen LogP contribution in [0.3, 0.4) is 0 Å². The highest BCUT2D eigenvalue weighted by atomic mass is 16.5. The summed E-state index contributed by atoms with van der Waals surface area (Å²) in [5.41, 5.74) is 6.37. The molecule has 2 rings (SSSR count). The van der Waals surface area contributed by atoms with Crippen LogP contribution < -0.4 is 11.1 Å². The molecule has 0 amide bonds. The van der Waals surface area contributed by atoms with Crippen LogP contribution in [-0.2, 0) is 4.74 Å². The van der Waals surface area contributed by atoms with Crippen molar-refractivity contribution in [1.29, 1.82) is 0 Å². The van der Waals surface area contributed by atoms with E-state index in [1.165, 1.54) is 38.5 Å². The van der Waals surface area contributed by atoms with Gasteiger partial charge in [-0.3, -0.25) is 0 Å². The lowest BCUT2D eigenvalue weighted by Gasteiger charge is -2.36. The molecule has 2 aliphatic rings. The van der Waals surface area contributed by atoms with Gasteiger partial charge in [0, 0.05) is 31.8 Å². The summed E-state index contributed by atoms with van der Waals surface area (Å²) in [7, 11) is 0. The molecule has 0 unspecified atom stereocenters. The first kappa shape index (κ1) is 12.3. The van der Waals surface area contributed by atoms with Crippen molar-refractivity contribution < 1.29 is 4.74 Å². The second kappa shape index (κ2) is 5.48. The molecule has 16 heavy (non-hydrogen) atoms. The van der Waals surface area contributed by atoms with E-state index in [2.05, 4.69) is 12.2 Å². The molecule has 1 saturated heterocycles. The van der Waals surface area contributed by atoms with Gasteiger partial charge in [0.2, 0.25) is 0 Å². The molecule has 0 radical (unpaired) electrons. The SMILES string of the molecule is CC1(CNC2CCC(N)CC2)CCOCC1. The largest absolute Gasteiger partial charge is 0.381 e. The molecular formula is C13H26N2O. The van der Waals surface area contributed by atoms with Gasteiger partial charge >= 0.3 is 0 Å². The maximum absolute atomic E-state index is 5.92. The Morgan fingerprint density at radius 3 is 2.44 bits per heavy atom. The average Bonchev–Trinajstić information content (AvgIpc) is 2.29. The Bertz CT molecular complexity index is 206. The molecule has 0 aromatic heterocycles. The van der Waals surface area contributed by atoms with Crippen molar-refractivity contribution in [3.63, 3.8) is 0 Å². The van der Waals surface area contributed by atoms with Crippen molar-refractivity contribution in [2.24, 2.45) is 11.1 Å². The predicted molar refractivity (Wildman–Crippen MR) is 66.4 cm³/mol. The molecule has 1 heterocycles. The first-order valence-corrected chi connectivity index (χ1v) is 6.75. The van der Waals surface area contributed by atoms with Crippen LogP contribution in [0.25, 0.3) is 0 Å². The first-order valence-electron chi connectivity index (χ1n) is 6.75. The third-order valence-electron chi connectivity index (χ3n) is 4.29. The molecule has 94 valence electrons. The van der Waals surface area contributed by atoms with Gasteiger partial charge in [-0.2, -0.15) is 0 Å². The Hall–Kier alpha value is -0.120. The fourth-order valence-electron chi connectivity index (χ4n) is 2.76. The van der Waals surface area contributed by atoms with Gasteiger partial charge in [-0.05, 0) is 43.9 Å². The zero-order valence-corrected chi connectivity index (χ0v) is 10.5. The minimum Gasteiger partial charge on any atom is -0.381 e. The summed E-state index contributed by atoms with van der Waals surface area (Å²) in [5, 5.41) is 3.74. The van der Waals surface area contributed by atoms with Gasteiger partial charge in [-0.1, -0.05) is 6.92 Å². The monoisotopic (exact) mass is 226 g/mol. The summed E-state index contributed by atoms with van der Waals surface area (Å²) >= 11 is 0. The van der Waals surface area contributed by atoms with Gasteiger partial charge in [0.15, 0.2) is 0 Å². The molecule has 0 bridgehead atoms. The van der Waals surface area contributed by atoms with Crippen LogP contribution in [0.1, 0.15) is 45.4 Å². The first-order chi connectivity index (χ1) is 7.68. The zero-order valence-electron chi connectivity index (χ0n) is 10.5. The van der Waals surface area contributed by atoms with Crippen molar-refractivity contribution in [3.05, 3.63) is 0 Å². The third-order valence-corrected chi connectivity index (χ3v) is 4.29. The average molecular weight is 226 g/mol. The predicted octanol–water partition coefficient (Wildman–Crippen LogP) is 1.66. The van der Waals surface area contributed by atoms with E-state index >= 15 is 0 Å². The van der Waals surface area contributed by atoms with Crippen LogP contribution in [0, 0.1) is 5.41 Å². The number of hydrogen-bond donors (Lipinski definition) is 2. The minimum absolute atomic E-state index is 0.455. The summed E-state index contributed by atoms with van der Waals surface area (Å²) < 4.78 is 5.43. The minimum atomic E-state index is 0.455. The topological polar surface area (TPSA) is 47.3 Å². The molecule has 1 aliphatic carbocycles. The standard InChI is InChI=1S/C13H26N2O/c1-13(6-8-16-9-7-13)10-15-12-4-2-11(14)3-5-12/h11-12,15H,2-10,14H2,1H3. The van der Waals surface area contributed by atoms with Gasteiger partial charge in [-0.25, -0.2) is 0 Å². The van der Waals surface area contributed by atoms with Crippen LogP contribution in [0.2, 0.25) is 0 Å². The number of ether oxygens (including phenoxy) is 1. The Labute approximate surface area is 99.1 Å². The lowest BCUT2D eigenvalue weighted by molar-refractivity contribution is 0.0222. The molecule has 0 aromatic rings. The van der Waals surface area contributed by atoms with Crippen LogP contribution >= 0.6 is 0 Å². The van der Waals surface area contributed by atoms with E-state index < -0.39 is 0 Å². The molecule has 3 nitrogen and oxygen atoms in total. The molecule has 1 saturated carbocycles. The quantitative estimate of drug-likeness (QED) is 0.769. The Morgan fingerprint density at radius 2 is 1.81 bits per heavy atom. The highest BCUT2D eigenvalue weighted by Gasteiger charge is 2.28. The maximum atomic E-state index is 5.92. The number of rotatable bonds is 3. The molecule has 0 spiro atoms. The Morgan fingerprint density at radius 1 is 1.19 bits per heavy atom. The molecule has 0 atom stereocenters. The maximum Gasteiger partial charge on any atom is 0.0471 e. The molecule has 1 aliphatic heterocycles. The lowest BCUT2D eigenvalue weighted by Crippen LogP contribution is -2.43. The van der Waals surface area contributed by atoms with Crippen molar-refractivity contribution in [2.75, 3.05) is 19.8 Å². The van der Waals surface area contributed by atoms with Crippen molar-refractivity contribution in [2.45, 2.75) is 57.5 Å². The van der Waals surface area contributed by atoms with E-state index in [1.807, 2.05) is 0 Å². The summed E-state index contributed by atoms with van der Waals surface area (Å²) in [4.78, 5) is 0. The lowest BCUT2D eigenvalue weighted by atomic mass is 9.81. The Balaban J connectivity index is 1.70. The van der Waals surface area contributed by atoms with Crippen LogP contribution in [-0.4, -0.2) is 31.8 Å². The summed E-state index contributed by atoms with van der Waals surface area (Å²) in [6.07, 6.45) is 7.30. The highest BCUT2D eigenvalue weighted by Crippen LogP contribution is 2.29. The van der Waals surface area contributed by atoms with Gasteiger partial charge in [0.1, 0.15) is 0 Å². The molecular weight excluding hydrogens is 200 g/mol.